The molecule has 2 heterocycles. The molecule has 1 unspecified atom stereocenters. The molecule has 1 fully saturated rings. The van der Waals surface area contributed by atoms with E-state index in [1.165, 1.54) is 6.07 Å². The number of hydrogen-bond acceptors (Lipinski definition) is 6. The Labute approximate surface area is 117 Å². The summed E-state index contributed by atoms with van der Waals surface area (Å²) in [6.07, 6.45) is 2.28. The molecule has 108 valence electrons. The highest BCUT2D eigenvalue weighted by Gasteiger charge is 2.64. The third kappa shape index (κ3) is 1.98. The van der Waals surface area contributed by atoms with Crippen molar-refractivity contribution in [3.63, 3.8) is 0 Å². The minimum absolute atomic E-state index is 0.114. The molecule has 0 saturated carbocycles. The van der Waals surface area contributed by atoms with E-state index in [9.17, 15) is 19.4 Å². The van der Waals surface area contributed by atoms with E-state index in [0.29, 0.717) is 0 Å². The molecule has 1 aromatic rings. The molecule has 4 atom stereocenters. The average molecular weight is 302 g/mol. The third-order valence-corrected chi connectivity index (χ3v) is 3.30. The number of rotatable bonds is 2. The van der Waals surface area contributed by atoms with Crippen molar-refractivity contribution in [3.8, 4) is 12.3 Å². The van der Waals surface area contributed by atoms with Crippen LogP contribution in [0.5, 0.6) is 0 Å². The van der Waals surface area contributed by atoms with E-state index in [1.807, 2.05) is 0 Å². The summed E-state index contributed by atoms with van der Waals surface area (Å²) in [5.41, 5.74) is -3.34. The van der Waals surface area contributed by atoms with Gasteiger partial charge in [-0.3, -0.25) is 9.55 Å². The maximum Gasteiger partial charge on any atom is 0.328 e. The van der Waals surface area contributed by atoms with Gasteiger partial charge >= 0.3 is 5.69 Å². The van der Waals surface area contributed by atoms with Crippen LogP contribution < -0.4 is 5.69 Å². The quantitative estimate of drug-likeness (QED) is 0.404. The summed E-state index contributed by atoms with van der Waals surface area (Å²) < 4.78 is 19.8. The fourth-order valence-corrected chi connectivity index (χ4v) is 2.11. The molecule has 0 aromatic carbocycles. The fourth-order valence-electron chi connectivity index (χ4n) is 1.96. The Morgan fingerprint density at radius 1 is 1.70 bits per heavy atom. The molecule has 1 aromatic heterocycles. The summed E-state index contributed by atoms with van der Waals surface area (Å²) in [7, 11) is 0. The summed E-state index contributed by atoms with van der Waals surface area (Å²) in [6, 6.07) is 1.29. The Morgan fingerprint density at radius 3 is 2.85 bits per heavy atom. The van der Waals surface area contributed by atoms with Crippen molar-refractivity contribution in [1.82, 2.24) is 9.55 Å². The molecule has 7 nitrogen and oxygen atoms in total. The van der Waals surface area contributed by atoms with Gasteiger partial charge in [-0.15, -0.1) is 6.42 Å². The van der Waals surface area contributed by atoms with Crippen LogP contribution in [0.4, 0.5) is 4.39 Å². The monoisotopic (exact) mass is 302 g/mol. The minimum Gasteiger partial charge on any atom is -0.390 e. The summed E-state index contributed by atoms with van der Waals surface area (Å²) >= 11 is 4.73. The van der Waals surface area contributed by atoms with Gasteiger partial charge in [0.15, 0.2) is 12.3 Å². The zero-order chi connectivity index (χ0) is 15.1. The van der Waals surface area contributed by atoms with Crippen LogP contribution in [0.2, 0.25) is 0 Å². The summed E-state index contributed by atoms with van der Waals surface area (Å²) in [6.45, 7) is -1.24. The number of aromatic nitrogens is 2. The zero-order valence-electron chi connectivity index (χ0n) is 9.99. The Hall–Kier alpha value is -1.57. The van der Waals surface area contributed by atoms with Crippen LogP contribution in [0, 0.1) is 17.0 Å². The lowest BCUT2D eigenvalue weighted by Crippen LogP contribution is -2.50. The molecule has 1 saturated heterocycles. The van der Waals surface area contributed by atoms with Gasteiger partial charge in [0.2, 0.25) is 5.60 Å². The highest BCUT2D eigenvalue weighted by molar-refractivity contribution is 7.71. The van der Waals surface area contributed by atoms with Gasteiger partial charge < -0.3 is 20.1 Å². The zero-order valence-corrected chi connectivity index (χ0v) is 10.8. The molecule has 0 bridgehead atoms. The number of H-pyrrole nitrogens is 1. The van der Waals surface area contributed by atoms with E-state index in [-0.39, 0.29) is 4.64 Å². The number of aromatic amines is 1. The maximum atomic E-state index is 14.1. The molecule has 2 rings (SSSR count). The van der Waals surface area contributed by atoms with Gasteiger partial charge in [0.05, 0.1) is 0 Å². The summed E-state index contributed by atoms with van der Waals surface area (Å²) in [5, 5.41) is 28.9. The smallest absolute Gasteiger partial charge is 0.328 e. The van der Waals surface area contributed by atoms with Gasteiger partial charge in [-0.2, -0.15) is 0 Å². The molecule has 0 radical (unpaired) electrons. The SMILES string of the molecule is C#CC1(O)[C@@H](O)[C@@](F)(CO)O[C@H]1n1ccc(=S)[nH]c1=O. The number of terminal acetylenes is 1. The van der Waals surface area contributed by atoms with Crippen LogP contribution in [0.25, 0.3) is 0 Å². The van der Waals surface area contributed by atoms with E-state index in [4.69, 9.17) is 28.5 Å². The molecule has 1 aliphatic rings. The molecule has 1 aliphatic heterocycles. The van der Waals surface area contributed by atoms with Gasteiger partial charge in [0.25, 0.3) is 5.85 Å². The van der Waals surface area contributed by atoms with Crippen LogP contribution in [0.15, 0.2) is 17.1 Å². The van der Waals surface area contributed by atoms with Crippen LogP contribution in [-0.4, -0.2) is 49.0 Å². The number of alkyl halides is 1. The van der Waals surface area contributed by atoms with Gasteiger partial charge in [0, 0.05) is 6.20 Å². The van der Waals surface area contributed by atoms with Gasteiger partial charge in [-0.25, -0.2) is 9.18 Å². The van der Waals surface area contributed by atoms with Crippen LogP contribution in [-0.2, 0) is 4.74 Å². The fraction of sp³-hybridized carbons (Fsp3) is 0.455. The number of ether oxygens (including phenoxy) is 1. The van der Waals surface area contributed by atoms with E-state index < -0.39 is 36.1 Å². The largest absolute Gasteiger partial charge is 0.390 e. The minimum atomic E-state index is -2.99. The van der Waals surface area contributed by atoms with Crippen LogP contribution >= 0.6 is 12.2 Å². The molecule has 0 spiro atoms. The van der Waals surface area contributed by atoms with Crippen molar-refractivity contribution in [3.05, 3.63) is 27.4 Å². The van der Waals surface area contributed by atoms with Crippen molar-refractivity contribution in [2.75, 3.05) is 6.61 Å². The topological polar surface area (TPSA) is 108 Å². The first-order chi connectivity index (χ1) is 9.28. The Bertz CT molecular complexity index is 682. The standard InChI is InChI=1S/C11H11FN2O5S/c1-2-10(18)7(16)11(12,5-15)19-8(10)14-4-3-6(20)13-9(14)17/h1,3-4,7-8,15-16,18H,5H2,(H,13,17,20)/t7-,8-,10?,11-/m1/s1. The van der Waals surface area contributed by atoms with Crippen molar-refractivity contribution in [1.29, 1.82) is 0 Å². The van der Waals surface area contributed by atoms with Gasteiger partial charge in [-0.1, -0.05) is 18.1 Å². The second-order valence-electron chi connectivity index (χ2n) is 4.30. The van der Waals surface area contributed by atoms with Gasteiger partial charge in [0.1, 0.15) is 11.2 Å². The molecular formula is C11H11FN2O5S. The molecular weight excluding hydrogens is 291 g/mol. The number of aliphatic hydroxyl groups is 3. The lowest BCUT2D eigenvalue weighted by atomic mass is 9.94. The van der Waals surface area contributed by atoms with E-state index >= 15 is 0 Å². The highest BCUT2D eigenvalue weighted by Crippen LogP contribution is 2.44. The van der Waals surface area contributed by atoms with E-state index in [0.717, 1.165) is 10.8 Å². The predicted octanol–water partition coefficient (Wildman–Crippen LogP) is -1.18. The summed E-state index contributed by atoms with van der Waals surface area (Å²) in [5.74, 6) is -1.19. The number of aliphatic hydroxyl groups excluding tert-OH is 2. The molecule has 0 aliphatic carbocycles. The third-order valence-electron chi connectivity index (χ3n) is 3.06. The average Bonchev–Trinajstić information content (AvgIpc) is 2.62. The first kappa shape index (κ1) is 14.8. The maximum absolute atomic E-state index is 14.1. The Kier molecular flexibility index (Phi) is 3.53. The van der Waals surface area contributed by atoms with Gasteiger partial charge in [-0.05, 0) is 6.07 Å². The van der Waals surface area contributed by atoms with E-state index in [2.05, 4.69) is 4.98 Å². The molecule has 20 heavy (non-hydrogen) atoms. The molecule has 4 N–H and O–H groups in total. The van der Waals surface area contributed by atoms with Crippen molar-refractivity contribution >= 4 is 12.2 Å². The first-order valence-corrected chi connectivity index (χ1v) is 5.86. The number of hydrogen-bond donors (Lipinski definition) is 4. The molecule has 0 amide bonds. The van der Waals surface area contributed by atoms with Crippen LogP contribution in [0.1, 0.15) is 6.23 Å². The predicted molar refractivity (Wildman–Crippen MR) is 66.7 cm³/mol. The Morgan fingerprint density at radius 2 is 2.35 bits per heavy atom. The second kappa shape index (κ2) is 4.76. The Balaban J connectivity index is 2.59. The lowest BCUT2D eigenvalue weighted by Gasteiger charge is -2.26. The number of nitrogens with zero attached hydrogens (tertiary/aromatic N) is 1. The first-order valence-electron chi connectivity index (χ1n) is 5.46. The number of halogens is 1. The highest BCUT2D eigenvalue weighted by atomic mass is 32.1. The summed E-state index contributed by atoms with van der Waals surface area (Å²) in [4.78, 5) is 14.0. The van der Waals surface area contributed by atoms with Crippen molar-refractivity contribution < 1.29 is 24.4 Å². The van der Waals surface area contributed by atoms with Crippen molar-refractivity contribution in [2.24, 2.45) is 0 Å². The molecule has 9 heteroatoms. The van der Waals surface area contributed by atoms with E-state index in [1.54, 1.807) is 5.92 Å². The van der Waals surface area contributed by atoms with Crippen LogP contribution in [0.3, 0.4) is 0 Å². The number of nitrogens with one attached hydrogen (secondary N) is 1. The van der Waals surface area contributed by atoms with Crippen molar-refractivity contribution in [2.45, 2.75) is 23.8 Å². The normalized spacial score (nSPS) is 36.8. The lowest BCUT2D eigenvalue weighted by molar-refractivity contribution is -0.207. The second-order valence-corrected chi connectivity index (χ2v) is 4.74.